The van der Waals surface area contributed by atoms with E-state index in [1.165, 1.54) is 10.5 Å². The topological polar surface area (TPSA) is 82.2 Å². The molecule has 0 spiro atoms. The highest BCUT2D eigenvalue weighted by molar-refractivity contribution is 5.90. The van der Waals surface area contributed by atoms with Gasteiger partial charge in [0.25, 0.3) is 0 Å². The third-order valence-corrected chi connectivity index (χ3v) is 6.41. The number of hydrogen-bond donors (Lipinski definition) is 1. The fraction of sp³-hybridized carbons (Fsp3) is 0.222. The van der Waals surface area contributed by atoms with Gasteiger partial charge in [0, 0.05) is 37.0 Å². The number of likely N-dealkylation sites (tertiary alicyclic amines) is 1. The third kappa shape index (κ3) is 4.06. The predicted molar refractivity (Wildman–Crippen MR) is 128 cm³/mol. The Kier molecular flexibility index (Phi) is 5.31. The van der Waals surface area contributed by atoms with E-state index in [1.54, 1.807) is 0 Å². The summed E-state index contributed by atoms with van der Waals surface area (Å²) in [6.45, 7) is 3.97. The maximum Gasteiger partial charge on any atom is 0.407 e. The van der Waals surface area contributed by atoms with E-state index >= 15 is 0 Å². The van der Waals surface area contributed by atoms with E-state index in [1.807, 2.05) is 36.5 Å². The van der Waals surface area contributed by atoms with Crippen molar-refractivity contribution >= 4 is 17.1 Å². The van der Waals surface area contributed by atoms with Crippen molar-refractivity contribution in [1.29, 1.82) is 5.26 Å². The van der Waals surface area contributed by atoms with Crippen LogP contribution in [0.1, 0.15) is 17.5 Å². The molecule has 2 aromatic heterocycles. The molecular weight excluding hydrogens is 412 g/mol. The zero-order valence-electron chi connectivity index (χ0n) is 18.4. The molecule has 164 valence electrons. The van der Waals surface area contributed by atoms with Crippen molar-refractivity contribution in [3.63, 3.8) is 0 Å². The van der Waals surface area contributed by atoms with E-state index in [2.05, 4.69) is 47.9 Å². The van der Waals surface area contributed by atoms with Crippen LogP contribution in [0.5, 0.6) is 0 Å². The Balaban J connectivity index is 1.58. The number of amides is 1. The molecule has 3 heterocycles. The molecule has 0 saturated carbocycles. The second-order valence-electron chi connectivity index (χ2n) is 8.70. The summed E-state index contributed by atoms with van der Waals surface area (Å²) in [7, 11) is 0. The number of aryl methyl sites for hydroxylation is 1. The predicted octanol–water partition coefficient (Wildman–Crippen LogP) is 5.55. The van der Waals surface area contributed by atoms with Gasteiger partial charge in [-0.25, -0.2) is 9.78 Å². The minimum absolute atomic E-state index is 0.284. The Morgan fingerprint density at radius 3 is 2.52 bits per heavy atom. The molecule has 1 amide bonds. The number of fused-ring (bicyclic) bond motifs is 1. The van der Waals surface area contributed by atoms with Crippen molar-refractivity contribution in [3.8, 4) is 28.5 Å². The molecule has 6 heteroatoms. The summed E-state index contributed by atoms with van der Waals surface area (Å²) in [5.74, 6) is 0.284. The molecule has 33 heavy (non-hydrogen) atoms. The first-order valence-corrected chi connectivity index (χ1v) is 11.1. The standard InChI is InChI=1S/C27H24N4O2/c1-18-2-6-22(7-3-18)26-23(21-8-4-19(15-28)5-9-21)14-25-24(29-26)11-13-30(25)16-20-10-12-31(17-20)27(32)33/h2-9,11,13-14,20H,10,12,16-17H2,1H3,(H,32,33)/t20-/m0/s1. The van der Waals surface area contributed by atoms with Gasteiger partial charge in [-0.2, -0.15) is 5.26 Å². The zero-order chi connectivity index (χ0) is 22.9. The van der Waals surface area contributed by atoms with E-state index in [-0.39, 0.29) is 5.92 Å². The fourth-order valence-electron chi connectivity index (χ4n) is 4.58. The highest BCUT2D eigenvalue weighted by Crippen LogP contribution is 2.34. The summed E-state index contributed by atoms with van der Waals surface area (Å²) >= 11 is 0. The number of carbonyl (C=O) groups is 1. The number of hydrogen-bond acceptors (Lipinski definition) is 3. The lowest BCUT2D eigenvalue weighted by Crippen LogP contribution is -2.27. The average molecular weight is 437 g/mol. The van der Waals surface area contributed by atoms with E-state index < -0.39 is 6.09 Å². The number of rotatable bonds is 4. The van der Waals surface area contributed by atoms with Gasteiger partial charge in [0.2, 0.25) is 0 Å². The van der Waals surface area contributed by atoms with Gasteiger partial charge in [0.15, 0.2) is 0 Å². The van der Waals surface area contributed by atoms with E-state index in [0.717, 1.165) is 46.4 Å². The second kappa shape index (κ2) is 8.44. The van der Waals surface area contributed by atoms with Crippen molar-refractivity contribution < 1.29 is 9.90 Å². The molecule has 2 aromatic carbocycles. The SMILES string of the molecule is Cc1ccc(-c2nc3ccn(C[C@@H]4CCN(C(=O)O)C4)c3cc2-c2ccc(C#N)cc2)cc1. The van der Waals surface area contributed by atoms with Gasteiger partial charge in [-0.3, -0.25) is 0 Å². The number of nitrogens with zero attached hydrogens (tertiary/aromatic N) is 4. The summed E-state index contributed by atoms with van der Waals surface area (Å²) in [4.78, 5) is 17.8. The number of pyridine rings is 1. The lowest BCUT2D eigenvalue weighted by molar-refractivity contribution is 0.153. The number of benzene rings is 2. The largest absolute Gasteiger partial charge is 0.465 e. The Labute approximate surface area is 192 Å². The first kappa shape index (κ1) is 20.8. The molecule has 0 unspecified atom stereocenters. The number of aromatic nitrogens is 2. The van der Waals surface area contributed by atoms with Gasteiger partial charge in [-0.15, -0.1) is 0 Å². The molecule has 5 rings (SSSR count). The van der Waals surface area contributed by atoms with Gasteiger partial charge in [-0.1, -0.05) is 42.0 Å². The highest BCUT2D eigenvalue weighted by Gasteiger charge is 2.26. The molecule has 1 fully saturated rings. The first-order valence-electron chi connectivity index (χ1n) is 11.1. The third-order valence-electron chi connectivity index (χ3n) is 6.41. The van der Waals surface area contributed by atoms with Crippen molar-refractivity contribution in [2.45, 2.75) is 19.9 Å². The molecule has 0 aliphatic carbocycles. The van der Waals surface area contributed by atoms with Gasteiger partial charge < -0.3 is 14.6 Å². The maximum absolute atomic E-state index is 11.3. The molecule has 1 saturated heterocycles. The van der Waals surface area contributed by atoms with Crippen LogP contribution >= 0.6 is 0 Å². The van der Waals surface area contributed by atoms with Crippen LogP contribution in [0.15, 0.2) is 66.9 Å². The first-order chi connectivity index (χ1) is 16.0. The van der Waals surface area contributed by atoms with E-state index in [9.17, 15) is 15.2 Å². The molecule has 4 aromatic rings. The zero-order valence-corrected chi connectivity index (χ0v) is 18.4. The summed E-state index contributed by atoms with van der Waals surface area (Å²) < 4.78 is 2.18. The van der Waals surface area contributed by atoms with E-state index in [0.29, 0.717) is 18.7 Å². The van der Waals surface area contributed by atoms with Crippen LogP contribution in [0.4, 0.5) is 4.79 Å². The van der Waals surface area contributed by atoms with Crippen LogP contribution in [0, 0.1) is 24.2 Å². The van der Waals surface area contributed by atoms with Crippen molar-refractivity contribution in [2.75, 3.05) is 13.1 Å². The minimum atomic E-state index is -0.845. The number of carboxylic acid groups (broad SMARTS) is 1. The van der Waals surface area contributed by atoms with Crippen molar-refractivity contribution in [2.24, 2.45) is 5.92 Å². The lowest BCUT2D eigenvalue weighted by Gasteiger charge is -2.15. The van der Waals surface area contributed by atoms with E-state index in [4.69, 9.17) is 4.98 Å². The minimum Gasteiger partial charge on any atom is -0.465 e. The molecule has 0 radical (unpaired) electrons. The van der Waals surface area contributed by atoms with Crippen LogP contribution in [-0.2, 0) is 6.54 Å². The Bertz CT molecular complexity index is 1360. The van der Waals surface area contributed by atoms with Crippen LogP contribution in [0.25, 0.3) is 33.4 Å². The smallest absolute Gasteiger partial charge is 0.407 e. The lowest BCUT2D eigenvalue weighted by atomic mass is 9.97. The molecular formula is C27H24N4O2. The molecule has 0 bridgehead atoms. The van der Waals surface area contributed by atoms with Crippen molar-refractivity contribution in [1.82, 2.24) is 14.5 Å². The molecule has 1 N–H and O–H groups in total. The quantitative estimate of drug-likeness (QED) is 0.455. The Hall–Kier alpha value is -4.11. The molecule has 6 nitrogen and oxygen atoms in total. The highest BCUT2D eigenvalue weighted by atomic mass is 16.4. The monoisotopic (exact) mass is 436 g/mol. The summed E-state index contributed by atoms with van der Waals surface area (Å²) in [6, 6.07) is 22.3. The Morgan fingerprint density at radius 1 is 1.12 bits per heavy atom. The number of nitriles is 1. The normalized spacial score (nSPS) is 15.6. The second-order valence-corrected chi connectivity index (χ2v) is 8.70. The summed E-state index contributed by atoms with van der Waals surface area (Å²) in [5, 5.41) is 18.5. The summed E-state index contributed by atoms with van der Waals surface area (Å²) in [5.41, 5.74) is 7.72. The Morgan fingerprint density at radius 2 is 1.85 bits per heavy atom. The van der Waals surface area contributed by atoms with Crippen LogP contribution in [0.3, 0.4) is 0 Å². The molecule has 1 aliphatic heterocycles. The van der Waals surface area contributed by atoms with Crippen LogP contribution in [-0.4, -0.2) is 38.7 Å². The average Bonchev–Trinajstić information content (AvgIpc) is 3.46. The fourth-order valence-corrected chi connectivity index (χ4v) is 4.58. The molecule has 1 aliphatic rings. The van der Waals surface area contributed by atoms with Gasteiger partial charge in [0.1, 0.15) is 0 Å². The van der Waals surface area contributed by atoms with Gasteiger partial charge >= 0.3 is 6.09 Å². The molecule has 1 atom stereocenters. The van der Waals surface area contributed by atoms with Gasteiger partial charge in [-0.05, 0) is 49.1 Å². The maximum atomic E-state index is 11.3. The van der Waals surface area contributed by atoms with Crippen LogP contribution < -0.4 is 0 Å². The van der Waals surface area contributed by atoms with Gasteiger partial charge in [0.05, 0.1) is 28.4 Å². The van der Waals surface area contributed by atoms with Crippen LogP contribution in [0.2, 0.25) is 0 Å². The van der Waals surface area contributed by atoms with Crippen molar-refractivity contribution in [3.05, 3.63) is 78.0 Å². The summed E-state index contributed by atoms with van der Waals surface area (Å²) in [6.07, 6.45) is 2.06.